The van der Waals surface area contributed by atoms with Gasteiger partial charge in [0.25, 0.3) is 0 Å². The van der Waals surface area contributed by atoms with Crippen molar-refractivity contribution >= 4 is 57.7 Å². The van der Waals surface area contributed by atoms with Gasteiger partial charge in [-0.05, 0) is 43.2 Å². The first-order valence-corrected chi connectivity index (χ1v) is 9.21. The summed E-state index contributed by atoms with van der Waals surface area (Å²) in [6.45, 7) is 3.95. The van der Waals surface area contributed by atoms with Crippen LogP contribution in [0.15, 0.2) is 41.5 Å². The SMILES string of the molecule is COc1ccccc1/C=N/Nc1nc(C(Cl)(Cl)Cl)nc2c(C)cc(C)cc12. The average molecular weight is 424 g/mol. The second-order valence-corrected chi connectivity index (χ2v) is 8.26. The molecule has 0 atom stereocenters. The second kappa shape index (κ2) is 7.89. The molecule has 0 saturated heterocycles. The van der Waals surface area contributed by atoms with Gasteiger partial charge in [0.1, 0.15) is 5.75 Å². The number of halogens is 3. The van der Waals surface area contributed by atoms with Crippen LogP contribution in [0, 0.1) is 13.8 Å². The van der Waals surface area contributed by atoms with E-state index in [2.05, 4.69) is 20.5 Å². The Kier molecular flexibility index (Phi) is 5.75. The van der Waals surface area contributed by atoms with E-state index in [0.717, 1.165) is 22.1 Å². The zero-order chi connectivity index (χ0) is 19.6. The molecule has 27 heavy (non-hydrogen) atoms. The summed E-state index contributed by atoms with van der Waals surface area (Å²) in [6, 6.07) is 11.5. The first kappa shape index (κ1) is 19.7. The van der Waals surface area contributed by atoms with E-state index in [1.807, 2.05) is 50.2 Å². The molecule has 0 amide bonds. The van der Waals surface area contributed by atoms with E-state index in [-0.39, 0.29) is 5.82 Å². The summed E-state index contributed by atoms with van der Waals surface area (Å²) in [5.74, 6) is 1.26. The fraction of sp³-hybridized carbons (Fsp3) is 0.211. The molecule has 5 nitrogen and oxygen atoms in total. The van der Waals surface area contributed by atoms with Crippen LogP contribution in [0.5, 0.6) is 5.75 Å². The minimum atomic E-state index is -1.74. The quantitative estimate of drug-likeness (QED) is 0.340. The number of para-hydroxylation sites is 1. The lowest BCUT2D eigenvalue weighted by Gasteiger charge is -2.14. The second-order valence-electron chi connectivity index (χ2n) is 5.98. The fourth-order valence-corrected chi connectivity index (χ4v) is 2.99. The summed E-state index contributed by atoms with van der Waals surface area (Å²) >= 11 is 18.0. The molecule has 8 heteroatoms. The van der Waals surface area contributed by atoms with Crippen LogP contribution in [0.3, 0.4) is 0 Å². The van der Waals surface area contributed by atoms with Crippen molar-refractivity contribution in [2.75, 3.05) is 12.5 Å². The molecule has 0 unspecified atom stereocenters. The molecule has 0 spiro atoms. The number of anilines is 1. The Morgan fingerprint density at radius 2 is 1.85 bits per heavy atom. The Bertz CT molecular complexity index is 1020. The highest BCUT2D eigenvalue weighted by Gasteiger charge is 2.28. The van der Waals surface area contributed by atoms with Gasteiger partial charge in [-0.2, -0.15) is 5.10 Å². The number of ether oxygens (including phenoxy) is 1. The van der Waals surface area contributed by atoms with E-state index >= 15 is 0 Å². The van der Waals surface area contributed by atoms with Crippen LogP contribution in [0.2, 0.25) is 0 Å². The third-order valence-electron chi connectivity index (χ3n) is 3.90. The molecule has 0 aliphatic heterocycles. The van der Waals surface area contributed by atoms with Crippen molar-refractivity contribution in [2.45, 2.75) is 17.6 Å². The van der Waals surface area contributed by atoms with Gasteiger partial charge < -0.3 is 4.74 Å². The maximum Gasteiger partial charge on any atom is 0.250 e. The average Bonchev–Trinajstić information content (AvgIpc) is 2.61. The van der Waals surface area contributed by atoms with E-state index in [1.165, 1.54) is 0 Å². The van der Waals surface area contributed by atoms with Crippen LogP contribution in [0.1, 0.15) is 22.5 Å². The number of methoxy groups -OCH3 is 1. The molecule has 3 aromatic rings. The molecular formula is C19H17Cl3N4O. The monoisotopic (exact) mass is 422 g/mol. The number of hydrazone groups is 1. The molecule has 1 aromatic heterocycles. The van der Waals surface area contributed by atoms with Crippen LogP contribution in [-0.2, 0) is 3.79 Å². The topological polar surface area (TPSA) is 59.4 Å². The van der Waals surface area contributed by atoms with Gasteiger partial charge in [0, 0.05) is 10.9 Å². The molecule has 2 aromatic carbocycles. The maximum absolute atomic E-state index is 6.01. The molecule has 140 valence electrons. The highest BCUT2D eigenvalue weighted by molar-refractivity contribution is 6.66. The van der Waals surface area contributed by atoms with Crippen LogP contribution < -0.4 is 10.2 Å². The number of alkyl halides is 3. The summed E-state index contributed by atoms with van der Waals surface area (Å²) in [7, 11) is 1.61. The summed E-state index contributed by atoms with van der Waals surface area (Å²) in [5, 5.41) is 5.07. The number of aromatic nitrogens is 2. The largest absolute Gasteiger partial charge is 0.496 e. The highest BCUT2D eigenvalue weighted by Crippen LogP contribution is 2.38. The van der Waals surface area contributed by atoms with Gasteiger partial charge >= 0.3 is 0 Å². The first-order valence-electron chi connectivity index (χ1n) is 8.08. The van der Waals surface area contributed by atoms with Gasteiger partial charge in [0.05, 0.1) is 18.8 Å². The zero-order valence-electron chi connectivity index (χ0n) is 14.9. The normalized spacial score (nSPS) is 11.9. The summed E-state index contributed by atoms with van der Waals surface area (Å²) < 4.78 is 3.57. The molecular weight excluding hydrogens is 407 g/mol. The van der Waals surface area contributed by atoms with E-state index < -0.39 is 3.79 Å². The van der Waals surface area contributed by atoms with E-state index in [4.69, 9.17) is 39.5 Å². The minimum Gasteiger partial charge on any atom is -0.496 e. The first-order chi connectivity index (χ1) is 12.8. The molecule has 0 bridgehead atoms. The fourth-order valence-electron chi connectivity index (χ4n) is 2.73. The standard InChI is InChI=1S/C19H17Cl3N4O/c1-11-8-12(2)16-14(9-11)17(25-18(24-16)19(20,21)22)26-23-10-13-6-4-5-7-15(13)27-3/h4-10H,1-3H3,(H,24,25,26)/b23-10+. The molecule has 0 aliphatic rings. The number of hydrogen-bond donors (Lipinski definition) is 1. The van der Waals surface area contributed by atoms with Crippen LogP contribution in [-0.4, -0.2) is 23.3 Å². The van der Waals surface area contributed by atoms with Crippen molar-refractivity contribution in [2.24, 2.45) is 5.10 Å². The number of hydrogen-bond acceptors (Lipinski definition) is 5. The molecule has 3 rings (SSSR count). The Morgan fingerprint density at radius 3 is 2.56 bits per heavy atom. The number of rotatable bonds is 4. The number of nitrogens with one attached hydrogen (secondary N) is 1. The Balaban J connectivity index is 2.05. The van der Waals surface area contributed by atoms with Gasteiger partial charge in [-0.15, -0.1) is 0 Å². The maximum atomic E-state index is 6.01. The summed E-state index contributed by atoms with van der Waals surface area (Å²) in [4.78, 5) is 8.79. The van der Waals surface area contributed by atoms with Crippen LogP contribution in [0.25, 0.3) is 10.9 Å². The number of nitrogens with zero attached hydrogens (tertiary/aromatic N) is 3. The van der Waals surface area contributed by atoms with Crippen LogP contribution >= 0.6 is 34.8 Å². The number of aryl methyl sites for hydroxylation is 2. The van der Waals surface area contributed by atoms with Crippen molar-refractivity contribution in [3.8, 4) is 5.75 Å². The van der Waals surface area contributed by atoms with Crippen molar-refractivity contribution in [3.63, 3.8) is 0 Å². The molecule has 1 heterocycles. The molecule has 0 fully saturated rings. The summed E-state index contributed by atoms with van der Waals surface area (Å²) in [5.41, 5.74) is 6.49. The zero-order valence-corrected chi connectivity index (χ0v) is 17.2. The Hall–Kier alpha value is -2.08. The summed E-state index contributed by atoms with van der Waals surface area (Å²) in [6.07, 6.45) is 1.64. The number of benzene rings is 2. The van der Waals surface area contributed by atoms with Gasteiger partial charge in [-0.25, -0.2) is 9.97 Å². The van der Waals surface area contributed by atoms with E-state index in [0.29, 0.717) is 17.1 Å². The Morgan fingerprint density at radius 1 is 1.11 bits per heavy atom. The highest BCUT2D eigenvalue weighted by atomic mass is 35.6. The van der Waals surface area contributed by atoms with Crippen LogP contribution in [0.4, 0.5) is 5.82 Å². The van der Waals surface area contributed by atoms with Gasteiger partial charge in [-0.1, -0.05) is 53.0 Å². The van der Waals surface area contributed by atoms with Crippen molar-refractivity contribution in [1.29, 1.82) is 0 Å². The molecule has 1 N–H and O–H groups in total. The molecule has 0 radical (unpaired) electrons. The minimum absolute atomic E-state index is 0.0851. The Labute approximate surface area is 172 Å². The smallest absolute Gasteiger partial charge is 0.250 e. The lowest BCUT2D eigenvalue weighted by atomic mass is 10.1. The molecule has 0 aliphatic carbocycles. The van der Waals surface area contributed by atoms with Gasteiger partial charge in [0.2, 0.25) is 3.79 Å². The number of fused-ring (bicyclic) bond motifs is 1. The lowest BCUT2D eigenvalue weighted by Crippen LogP contribution is -2.10. The molecule has 0 saturated carbocycles. The van der Waals surface area contributed by atoms with Gasteiger partial charge in [-0.3, -0.25) is 5.43 Å². The van der Waals surface area contributed by atoms with Crippen molar-refractivity contribution in [1.82, 2.24) is 9.97 Å². The predicted molar refractivity (Wildman–Crippen MR) is 112 cm³/mol. The predicted octanol–water partition coefficient (Wildman–Crippen LogP) is 5.53. The van der Waals surface area contributed by atoms with Gasteiger partial charge in [0.15, 0.2) is 11.6 Å². The lowest BCUT2D eigenvalue weighted by molar-refractivity contribution is 0.414. The van der Waals surface area contributed by atoms with E-state index in [9.17, 15) is 0 Å². The third-order valence-corrected chi connectivity index (χ3v) is 4.41. The third kappa shape index (κ3) is 4.43. The van der Waals surface area contributed by atoms with Crippen molar-refractivity contribution in [3.05, 3.63) is 58.9 Å². The van der Waals surface area contributed by atoms with Crippen molar-refractivity contribution < 1.29 is 4.74 Å². The van der Waals surface area contributed by atoms with E-state index in [1.54, 1.807) is 13.3 Å².